The van der Waals surface area contributed by atoms with E-state index in [0.717, 1.165) is 124 Å². The number of anilines is 7. The minimum atomic E-state index is -0.956. The fraction of sp³-hybridized carbons (Fsp3) is 0.193. The highest BCUT2D eigenvalue weighted by atomic mass is 32.1. The number of thiophene rings is 3. The monoisotopic (exact) mass is 1980 g/mol. The van der Waals surface area contributed by atoms with Gasteiger partial charge in [0.25, 0.3) is 11.8 Å². The fourth-order valence-electron chi connectivity index (χ4n) is 14.7. The van der Waals surface area contributed by atoms with Crippen LogP contribution < -0.4 is 38.5 Å². The van der Waals surface area contributed by atoms with Gasteiger partial charge in [-0.1, -0.05) is 158 Å². The molecule has 734 valence electrons. The highest BCUT2D eigenvalue weighted by Gasteiger charge is 2.23. The van der Waals surface area contributed by atoms with Crippen molar-refractivity contribution in [2.24, 2.45) is 0 Å². The smallest absolute Gasteiger partial charge is 0.335 e. The van der Waals surface area contributed by atoms with E-state index in [9.17, 15) is 52.7 Å². The van der Waals surface area contributed by atoms with Crippen molar-refractivity contribution in [2.75, 3.05) is 38.5 Å². The van der Waals surface area contributed by atoms with Gasteiger partial charge in [-0.05, 0) is 237 Å². The number of aromatic carboxylic acids is 2. The fourth-order valence-corrected chi connectivity index (χ4v) is 18.2. The van der Waals surface area contributed by atoms with Gasteiger partial charge < -0.3 is 53.5 Å². The SMILES string of the molecule is CC(=O)CC(C)=O.CC(=O)CCc1ccc(C(C)=O)cc1.CC(=O)c1ccc(Cc2c(C)nn(-c3ccccc3)c2C)cc1.Cc1nn(-c2ccccc2)c(C)c1Cc1ccc(C(=O)Nc2ccccc2N)cc1.[C-]#[N+]c1c(N)sc(Cc2ccc(C(=O)O)cc2)c1C.[C-]#[N+]c1c(NC(C)=O)sc(Cc2ccc(C(=O)Nc3ccccc3N)cc2)c1C.[C-]#[N+]c1c(NC(C)=O)sc(Cc2ccc(C(=O)O)cc2)c1C. The van der Waals surface area contributed by atoms with E-state index in [2.05, 4.69) is 79.0 Å². The Morgan fingerprint density at radius 3 is 0.917 bits per heavy atom. The molecular formula is C114H112N14O13S3. The topological polar surface area (TPSA) is 403 Å². The molecule has 5 aromatic heterocycles. The number of benzene rings is 10. The van der Waals surface area contributed by atoms with Crippen molar-refractivity contribution in [3.05, 3.63) is 421 Å². The van der Waals surface area contributed by atoms with Crippen LogP contribution in [0.15, 0.2) is 255 Å². The number of nitrogens with one attached hydrogen (secondary N) is 4. The summed E-state index contributed by atoms with van der Waals surface area (Å²) >= 11 is 4.21. The van der Waals surface area contributed by atoms with Gasteiger partial charge in [0.05, 0.1) is 87.8 Å². The minimum absolute atomic E-state index is 0.0625. The largest absolute Gasteiger partial charge is 0.478 e. The number of carbonyl (C=O) groups excluding carboxylic acids is 9. The number of nitrogens with two attached hydrogens (primary N) is 3. The molecule has 27 nitrogen and oxygen atoms in total. The van der Waals surface area contributed by atoms with Crippen molar-refractivity contribution in [2.45, 2.75) is 148 Å². The highest BCUT2D eigenvalue weighted by Crippen LogP contribution is 2.44. The van der Waals surface area contributed by atoms with Crippen LogP contribution in [0.25, 0.3) is 25.9 Å². The van der Waals surface area contributed by atoms with E-state index in [-0.39, 0.29) is 70.1 Å². The Balaban J connectivity index is 0.000000192. The number of hydrogen-bond acceptors (Lipinski definition) is 19. The molecule has 5 heterocycles. The molecule has 144 heavy (non-hydrogen) atoms. The van der Waals surface area contributed by atoms with Crippen LogP contribution in [0.5, 0.6) is 0 Å². The third kappa shape index (κ3) is 32.2. The number of nitrogen functional groups attached to an aromatic ring is 3. The van der Waals surface area contributed by atoms with Crippen LogP contribution in [0.3, 0.4) is 0 Å². The maximum atomic E-state index is 12.5. The molecule has 30 heteroatoms. The number of carbonyl (C=O) groups is 11. The summed E-state index contributed by atoms with van der Waals surface area (Å²) in [5, 5.41) is 39.9. The Morgan fingerprint density at radius 1 is 0.340 bits per heavy atom. The Bertz CT molecular complexity index is 7270. The maximum absolute atomic E-state index is 12.5. The molecule has 0 aliphatic rings. The molecule has 0 saturated carbocycles. The molecule has 0 atom stereocenters. The molecule has 15 aromatic rings. The molecule has 0 radical (unpaired) electrons. The van der Waals surface area contributed by atoms with E-state index in [1.807, 2.05) is 177 Å². The van der Waals surface area contributed by atoms with Gasteiger partial charge in [-0.15, -0.1) is 34.0 Å². The van der Waals surface area contributed by atoms with E-state index in [1.165, 1.54) is 78.4 Å². The minimum Gasteiger partial charge on any atom is -0.478 e. The number of carboxylic acid groups (broad SMARTS) is 2. The van der Waals surface area contributed by atoms with Crippen molar-refractivity contribution < 1.29 is 63.0 Å². The van der Waals surface area contributed by atoms with Crippen LogP contribution in [0.2, 0.25) is 0 Å². The summed E-state index contributed by atoms with van der Waals surface area (Å²) in [6.07, 6.45) is 4.87. The molecule has 10 aromatic carbocycles. The Labute approximate surface area is 849 Å². The number of nitrogens with zero attached hydrogens (tertiary/aromatic N) is 7. The van der Waals surface area contributed by atoms with Gasteiger partial charge in [-0.25, -0.2) is 33.5 Å². The summed E-state index contributed by atoms with van der Waals surface area (Å²) in [4.78, 5) is 136. The third-order valence-corrected chi connectivity index (χ3v) is 26.1. The van der Waals surface area contributed by atoms with E-state index in [4.69, 9.17) is 52.2 Å². The van der Waals surface area contributed by atoms with Gasteiger partial charge in [0.1, 0.15) is 27.4 Å². The summed E-state index contributed by atoms with van der Waals surface area (Å²) < 4.78 is 3.98. The molecule has 0 fully saturated rings. The number of ketones is 5. The number of rotatable bonds is 27. The molecule has 15 rings (SSSR count). The number of hydrogen-bond donors (Lipinski definition) is 9. The van der Waals surface area contributed by atoms with E-state index < -0.39 is 11.9 Å². The standard InChI is InChI=1S/C25H24N4O.C22H20N4O2S.C20H20N2O.C16H14N2O3S.C14H12N2O2S.C12H14O2.C5H8O2/c1-17-22(18(2)29(28-17)21-8-4-3-5-9-21)16-19-12-14-20(15-13-19)25(30)27-24-11-7-6-10-23(24)26;1-13-19(29-22(20(13)24-3)25-14(2)27)12-15-8-10-16(11-9-15)21(28)26-18-7-5-4-6-17(18)23;1-14-20(13-17-9-11-18(12-10-17)16(3)23)15(2)22(21-14)19-7-5-4-6-8-19;1-9-13(22-15(14(9)17-3)18-10(2)19)8-11-4-6-12(7-5-11)16(20)21;1-8-11(19-13(15)12(8)16-2)7-9-3-5-10(6-4-9)14(17)18;1-9(13)3-4-11-5-7-12(8-6-11)10(2)14;1-4(6)3-5(2)7/h3-15H,16,26H2,1-2H3,(H,27,30);4-11H,12,23H2,1-2H3,(H,25,27)(H,26,28);4-12H,13H2,1-3H3;4-7H,8H2,1-2H3,(H,18,19)(H,20,21);3-6H,7,15H2,1H3,(H,17,18);5-8H,3-4H2,1-2H3;3H2,1-2H3. The molecule has 0 spiro atoms. The number of carboxylic acids is 2. The lowest BCUT2D eigenvalue weighted by Crippen LogP contribution is -2.13. The first-order valence-electron chi connectivity index (χ1n) is 45.5. The summed E-state index contributed by atoms with van der Waals surface area (Å²) in [7, 11) is 0. The lowest BCUT2D eigenvalue weighted by molar-refractivity contribution is -0.125. The average molecular weight is 1980 g/mol. The van der Waals surface area contributed by atoms with Gasteiger partial charge in [-0.3, -0.25) is 38.4 Å². The lowest BCUT2D eigenvalue weighted by Gasteiger charge is -2.09. The van der Waals surface area contributed by atoms with Crippen molar-refractivity contribution in [3.8, 4) is 11.4 Å². The summed E-state index contributed by atoms with van der Waals surface area (Å²) in [6, 6.07) is 78.2. The van der Waals surface area contributed by atoms with Gasteiger partial charge in [0.2, 0.25) is 28.9 Å². The normalized spacial score (nSPS) is 10.2. The highest BCUT2D eigenvalue weighted by molar-refractivity contribution is 7.18. The Morgan fingerprint density at radius 2 is 0.632 bits per heavy atom. The third-order valence-electron chi connectivity index (χ3n) is 22.6. The molecule has 0 unspecified atom stereocenters. The second kappa shape index (κ2) is 53.2. The van der Waals surface area contributed by atoms with Crippen LogP contribution in [0, 0.1) is 68.2 Å². The summed E-state index contributed by atoms with van der Waals surface area (Å²) in [5.41, 5.74) is 42.3. The predicted octanol–water partition coefficient (Wildman–Crippen LogP) is 24.5. The summed E-state index contributed by atoms with van der Waals surface area (Å²) in [6.45, 7) is 46.0. The predicted molar refractivity (Wildman–Crippen MR) is 574 cm³/mol. The van der Waals surface area contributed by atoms with E-state index in [1.54, 1.807) is 118 Å². The maximum Gasteiger partial charge on any atom is 0.335 e. The molecule has 12 N–H and O–H groups in total. The molecular weight excluding hydrogens is 1870 g/mol. The number of Topliss-reactive ketones (excluding diaryl/α,β-unsaturated/α-hetero) is 5. The molecule has 0 saturated heterocycles. The quantitative estimate of drug-likeness (QED) is 0.00999. The zero-order chi connectivity index (χ0) is 105. The van der Waals surface area contributed by atoms with Gasteiger partial charge in [-0.2, -0.15) is 10.2 Å². The van der Waals surface area contributed by atoms with Crippen LogP contribution in [-0.2, 0) is 62.5 Å². The first-order valence-corrected chi connectivity index (χ1v) is 47.9. The molecule has 0 bridgehead atoms. The average Bonchev–Trinajstić information content (AvgIpc) is 1.65. The number of para-hydroxylation sites is 6. The zero-order valence-corrected chi connectivity index (χ0v) is 84.8. The van der Waals surface area contributed by atoms with E-state index >= 15 is 0 Å². The summed E-state index contributed by atoms with van der Waals surface area (Å²) in [5.74, 6) is -2.46. The number of aryl methyl sites for hydroxylation is 3. The first-order chi connectivity index (χ1) is 68.6. The van der Waals surface area contributed by atoms with Crippen LogP contribution >= 0.6 is 34.0 Å². The Kier molecular flexibility index (Phi) is 40.8. The Hall–Kier alpha value is -17.2. The lowest BCUT2D eigenvalue weighted by atomic mass is 10.0. The second-order valence-electron chi connectivity index (χ2n) is 33.7. The second-order valence-corrected chi connectivity index (χ2v) is 37.0. The van der Waals surface area contributed by atoms with Crippen LogP contribution in [0.4, 0.5) is 54.8 Å². The van der Waals surface area contributed by atoms with Crippen LogP contribution in [0.1, 0.15) is 222 Å². The zero-order valence-electron chi connectivity index (χ0n) is 82.4. The van der Waals surface area contributed by atoms with Crippen molar-refractivity contribution in [1.29, 1.82) is 0 Å². The van der Waals surface area contributed by atoms with Crippen molar-refractivity contribution in [1.82, 2.24) is 19.6 Å². The van der Waals surface area contributed by atoms with Crippen LogP contribution in [-0.4, -0.2) is 94.3 Å². The van der Waals surface area contributed by atoms with Gasteiger partial charge in [0.15, 0.2) is 11.6 Å². The molecule has 0 aliphatic carbocycles. The number of amides is 4. The van der Waals surface area contributed by atoms with Gasteiger partial charge in [0, 0.05) is 112 Å². The molecule has 0 aliphatic heterocycles. The van der Waals surface area contributed by atoms with Crippen molar-refractivity contribution in [3.63, 3.8) is 0 Å². The van der Waals surface area contributed by atoms with E-state index in [0.29, 0.717) is 91.6 Å². The first kappa shape index (κ1) is 110. The van der Waals surface area contributed by atoms with Gasteiger partial charge >= 0.3 is 11.9 Å². The van der Waals surface area contributed by atoms with Crippen molar-refractivity contribution >= 4 is 153 Å². The number of aromatic nitrogens is 4. The molecule has 4 amide bonds.